The molecule has 1 aliphatic heterocycles. The third-order valence-corrected chi connectivity index (χ3v) is 3.80. The van der Waals surface area contributed by atoms with E-state index in [-0.39, 0.29) is 0 Å². The SMILES string of the molecule is Clc1ccnc2cc(C3=COC=C(C4=CC=CCC4)O3)oc12. The lowest BCUT2D eigenvalue weighted by Gasteiger charge is -2.18. The highest BCUT2D eigenvalue weighted by molar-refractivity contribution is 6.34. The zero-order valence-corrected chi connectivity index (χ0v) is 12.3. The average molecular weight is 314 g/mol. The van der Waals surface area contributed by atoms with Crippen LogP contribution in [0.1, 0.15) is 18.6 Å². The Labute approximate surface area is 132 Å². The quantitative estimate of drug-likeness (QED) is 0.787. The van der Waals surface area contributed by atoms with Gasteiger partial charge in [-0.05, 0) is 24.5 Å². The third-order valence-electron chi connectivity index (χ3n) is 3.51. The fourth-order valence-corrected chi connectivity index (χ4v) is 2.60. The second kappa shape index (κ2) is 5.39. The summed E-state index contributed by atoms with van der Waals surface area (Å²) in [6, 6.07) is 3.47. The average Bonchev–Trinajstić information content (AvgIpc) is 3.02. The molecule has 3 heterocycles. The number of allylic oxidation sites excluding steroid dienone is 4. The van der Waals surface area contributed by atoms with Crippen LogP contribution in [0.25, 0.3) is 16.9 Å². The Morgan fingerprint density at radius 2 is 2.09 bits per heavy atom. The van der Waals surface area contributed by atoms with E-state index in [0.717, 1.165) is 18.4 Å². The molecule has 0 saturated heterocycles. The number of pyridine rings is 1. The van der Waals surface area contributed by atoms with Crippen molar-refractivity contribution in [2.45, 2.75) is 12.8 Å². The maximum atomic E-state index is 6.11. The highest BCUT2D eigenvalue weighted by Crippen LogP contribution is 2.33. The highest BCUT2D eigenvalue weighted by atomic mass is 35.5. The largest absolute Gasteiger partial charge is 0.465 e. The molecule has 0 fully saturated rings. The van der Waals surface area contributed by atoms with Gasteiger partial charge in [-0.1, -0.05) is 29.8 Å². The van der Waals surface area contributed by atoms with Gasteiger partial charge in [-0.25, -0.2) is 0 Å². The molecule has 0 N–H and O–H groups in total. The van der Waals surface area contributed by atoms with Gasteiger partial charge in [0.1, 0.15) is 18.0 Å². The summed E-state index contributed by atoms with van der Waals surface area (Å²) in [6.07, 6.45) is 12.8. The van der Waals surface area contributed by atoms with Gasteiger partial charge in [0.25, 0.3) is 0 Å². The lowest BCUT2D eigenvalue weighted by Crippen LogP contribution is -2.02. The molecule has 4 rings (SSSR count). The molecule has 0 bridgehead atoms. The van der Waals surface area contributed by atoms with Crippen molar-refractivity contribution in [1.29, 1.82) is 0 Å². The van der Waals surface area contributed by atoms with Crippen LogP contribution in [0, 0.1) is 0 Å². The van der Waals surface area contributed by atoms with Crippen LogP contribution in [0.2, 0.25) is 5.02 Å². The minimum atomic E-state index is 0.502. The molecule has 5 heteroatoms. The first-order valence-electron chi connectivity index (χ1n) is 6.95. The molecule has 22 heavy (non-hydrogen) atoms. The van der Waals surface area contributed by atoms with E-state index in [1.165, 1.54) is 6.26 Å². The second-order valence-corrected chi connectivity index (χ2v) is 5.39. The van der Waals surface area contributed by atoms with E-state index in [1.54, 1.807) is 24.6 Å². The molecule has 1 aliphatic carbocycles. The van der Waals surface area contributed by atoms with Crippen LogP contribution in [-0.4, -0.2) is 4.98 Å². The highest BCUT2D eigenvalue weighted by Gasteiger charge is 2.20. The van der Waals surface area contributed by atoms with Crippen molar-refractivity contribution in [1.82, 2.24) is 4.98 Å². The molecule has 2 aromatic rings. The maximum absolute atomic E-state index is 6.11. The van der Waals surface area contributed by atoms with Crippen LogP contribution < -0.4 is 0 Å². The molecule has 2 aromatic heterocycles. The van der Waals surface area contributed by atoms with E-state index >= 15 is 0 Å². The van der Waals surface area contributed by atoms with Crippen LogP contribution in [0.3, 0.4) is 0 Å². The molecule has 0 atom stereocenters. The number of aromatic nitrogens is 1. The molecule has 0 saturated carbocycles. The van der Waals surface area contributed by atoms with Gasteiger partial charge < -0.3 is 13.9 Å². The minimum Gasteiger partial charge on any atom is -0.465 e. The molecular formula is C17H12ClNO3. The Balaban J connectivity index is 1.65. The normalized spacial score (nSPS) is 17.4. The van der Waals surface area contributed by atoms with E-state index in [0.29, 0.717) is 33.4 Å². The number of fused-ring (bicyclic) bond motifs is 1. The summed E-state index contributed by atoms with van der Waals surface area (Å²) >= 11 is 6.11. The van der Waals surface area contributed by atoms with Crippen molar-refractivity contribution in [3.63, 3.8) is 0 Å². The lowest BCUT2D eigenvalue weighted by molar-refractivity contribution is 0.278. The van der Waals surface area contributed by atoms with Crippen LogP contribution in [0.5, 0.6) is 0 Å². The van der Waals surface area contributed by atoms with Crippen LogP contribution in [0.15, 0.2) is 64.8 Å². The number of ether oxygens (including phenoxy) is 2. The van der Waals surface area contributed by atoms with Crippen molar-refractivity contribution in [2.24, 2.45) is 0 Å². The van der Waals surface area contributed by atoms with E-state index in [4.69, 9.17) is 25.5 Å². The van der Waals surface area contributed by atoms with Gasteiger partial charge in [-0.15, -0.1) is 0 Å². The second-order valence-electron chi connectivity index (χ2n) is 4.98. The van der Waals surface area contributed by atoms with Crippen molar-refractivity contribution in [3.8, 4) is 0 Å². The van der Waals surface area contributed by atoms with E-state index in [9.17, 15) is 0 Å². The van der Waals surface area contributed by atoms with Gasteiger partial charge in [0.2, 0.25) is 5.76 Å². The van der Waals surface area contributed by atoms with Crippen LogP contribution in [0.4, 0.5) is 0 Å². The maximum Gasteiger partial charge on any atom is 0.205 e. The summed E-state index contributed by atoms with van der Waals surface area (Å²) < 4.78 is 17.1. The van der Waals surface area contributed by atoms with Gasteiger partial charge in [-0.2, -0.15) is 0 Å². The third kappa shape index (κ3) is 2.31. The summed E-state index contributed by atoms with van der Waals surface area (Å²) in [5.74, 6) is 1.73. The standard InChI is InChI=1S/C17H12ClNO3/c18-12-6-7-19-13-8-14(22-17(12)13)16-10-20-9-15(21-16)11-4-2-1-3-5-11/h1-2,4,6-10H,3,5H2. The minimum absolute atomic E-state index is 0.502. The number of nitrogens with zero attached hydrogens (tertiary/aromatic N) is 1. The fourth-order valence-electron chi connectivity index (χ4n) is 2.41. The van der Waals surface area contributed by atoms with Crippen molar-refractivity contribution >= 4 is 28.5 Å². The summed E-state index contributed by atoms with van der Waals surface area (Å²) in [7, 11) is 0. The monoisotopic (exact) mass is 313 g/mol. The Bertz CT molecular complexity index is 858. The zero-order chi connectivity index (χ0) is 14.9. The number of furan rings is 1. The van der Waals surface area contributed by atoms with Crippen molar-refractivity contribution < 1.29 is 13.9 Å². The Kier molecular flexibility index (Phi) is 3.24. The van der Waals surface area contributed by atoms with Crippen LogP contribution in [-0.2, 0) is 9.47 Å². The Morgan fingerprint density at radius 1 is 1.18 bits per heavy atom. The van der Waals surface area contributed by atoms with Crippen molar-refractivity contribution in [2.75, 3.05) is 0 Å². The molecule has 0 radical (unpaired) electrons. The van der Waals surface area contributed by atoms with Gasteiger partial charge >= 0.3 is 0 Å². The van der Waals surface area contributed by atoms with E-state index in [1.807, 2.05) is 12.2 Å². The Hall–Kier alpha value is -2.46. The summed E-state index contributed by atoms with van der Waals surface area (Å²) in [5, 5.41) is 0.518. The molecular weight excluding hydrogens is 302 g/mol. The number of halogens is 1. The lowest BCUT2D eigenvalue weighted by atomic mass is 10.0. The zero-order valence-electron chi connectivity index (χ0n) is 11.6. The molecule has 0 aromatic carbocycles. The Morgan fingerprint density at radius 3 is 2.91 bits per heavy atom. The molecule has 110 valence electrons. The molecule has 4 nitrogen and oxygen atoms in total. The molecule has 0 amide bonds. The number of hydrogen-bond donors (Lipinski definition) is 0. The summed E-state index contributed by atoms with van der Waals surface area (Å²) in [5.41, 5.74) is 2.32. The predicted octanol–water partition coefficient (Wildman–Crippen LogP) is 4.94. The first kappa shape index (κ1) is 13.2. The van der Waals surface area contributed by atoms with Crippen LogP contribution >= 0.6 is 11.6 Å². The molecule has 0 unspecified atom stereocenters. The summed E-state index contributed by atoms with van der Waals surface area (Å²) in [4.78, 5) is 4.23. The van der Waals surface area contributed by atoms with Gasteiger partial charge in [0.05, 0.1) is 5.02 Å². The fraction of sp³-hybridized carbons (Fsp3) is 0.118. The van der Waals surface area contributed by atoms with Gasteiger partial charge in [0, 0.05) is 12.3 Å². The van der Waals surface area contributed by atoms with Crippen molar-refractivity contribution in [3.05, 3.63) is 71.2 Å². The number of rotatable bonds is 2. The van der Waals surface area contributed by atoms with E-state index in [2.05, 4.69) is 11.1 Å². The predicted molar refractivity (Wildman–Crippen MR) is 83.7 cm³/mol. The van der Waals surface area contributed by atoms with Gasteiger partial charge in [-0.3, -0.25) is 4.98 Å². The number of hydrogen-bond acceptors (Lipinski definition) is 4. The smallest absolute Gasteiger partial charge is 0.205 e. The molecule has 2 aliphatic rings. The van der Waals surface area contributed by atoms with Gasteiger partial charge in [0.15, 0.2) is 17.1 Å². The molecule has 0 spiro atoms. The topological polar surface area (TPSA) is 44.5 Å². The first-order chi connectivity index (χ1) is 10.8. The van der Waals surface area contributed by atoms with E-state index < -0.39 is 0 Å². The first-order valence-corrected chi connectivity index (χ1v) is 7.33. The summed E-state index contributed by atoms with van der Waals surface area (Å²) in [6.45, 7) is 0.